The standard InChI is InChI=1S/C19H25ClN4O3S/c1-12-8-24(18-6-13(2)22-19(21)23-18)17(10-27-9-12)15-5-4-14(7-16(15)20)11-28(3,25)26/h4-7,12,17H,8-11H2,1-3H3,(H2,21,22,23)/t12-,17-/m0/s1. The Bertz CT molecular complexity index is 947. The Hall–Kier alpha value is -1.90. The summed E-state index contributed by atoms with van der Waals surface area (Å²) in [6.07, 6.45) is 1.21. The van der Waals surface area contributed by atoms with E-state index >= 15 is 0 Å². The summed E-state index contributed by atoms with van der Waals surface area (Å²) in [5.74, 6) is 1.20. The van der Waals surface area contributed by atoms with Gasteiger partial charge in [0.25, 0.3) is 0 Å². The predicted octanol–water partition coefficient (Wildman–Crippen LogP) is 2.78. The van der Waals surface area contributed by atoms with Crippen molar-refractivity contribution in [3.63, 3.8) is 0 Å². The zero-order valence-corrected chi connectivity index (χ0v) is 17.8. The van der Waals surface area contributed by atoms with Crippen LogP contribution in [0.25, 0.3) is 0 Å². The normalized spacial score (nSPS) is 20.8. The van der Waals surface area contributed by atoms with Gasteiger partial charge >= 0.3 is 0 Å². The molecule has 2 aromatic rings. The molecule has 1 aliphatic rings. The quantitative estimate of drug-likeness (QED) is 0.805. The molecule has 1 aromatic carbocycles. The fourth-order valence-corrected chi connectivity index (χ4v) is 4.57. The van der Waals surface area contributed by atoms with Gasteiger partial charge in [0.05, 0.1) is 25.0 Å². The van der Waals surface area contributed by atoms with E-state index in [-0.39, 0.29) is 17.7 Å². The van der Waals surface area contributed by atoms with Crippen LogP contribution in [0.5, 0.6) is 0 Å². The first-order chi connectivity index (χ1) is 13.1. The number of ether oxygens (including phenoxy) is 1. The molecule has 0 aliphatic carbocycles. The molecular formula is C19H25ClN4O3S. The van der Waals surface area contributed by atoms with Crippen molar-refractivity contribution in [2.75, 3.05) is 36.6 Å². The molecule has 1 aromatic heterocycles. The second kappa shape index (κ2) is 8.23. The van der Waals surface area contributed by atoms with E-state index in [0.717, 1.165) is 23.6 Å². The van der Waals surface area contributed by atoms with Crippen molar-refractivity contribution in [2.45, 2.75) is 25.6 Å². The Kier molecular flexibility index (Phi) is 6.12. The fourth-order valence-electron chi connectivity index (χ4n) is 3.45. The summed E-state index contributed by atoms with van der Waals surface area (Å²) in [7, 11) is -3.13. The van der Waals surface area contributed by atoms with E-state index in [1.807, 2.05) is 19.1 Å². The molecule has 3 rings (SSSR count). The minimum absolute atomic E-state index is 0.0451. The highest BCUT2D eigenvalue weighted by Gasteiger charge is 2.29. The van der Waals surface area contributed by atoms with Crippen LogP contribution >= 0.6 is 11.6 Å². The maximum absolute atomic E-state index is 11.6. The lowest BCUT2D eigenvalue weighted by molar-refractivity contribution is 0.114. The maximum Gasteiger partial charge on any atom is 0.222 e. The molecule has 2 atom stereocenters. The lowest BCUT2D eigenvalue weighted by Gasteiger charge is -2.32. The molecule has 0 unspecified atom stereocenters. The summed E-state index contributed by atoms with van der Waals surface area (Å²) in [4.78, 5) is 10.7. The molecule has 1 fully saturated rings. The van der Waals surface area contributed by atoms with Gasteiger partial charge in [0.15, 0.2) is 9.84 Å². The van der Waals surface area contributed by atoms with Crippen LogP contribution in [0.2, 0.25) is 5.02 Å². The zero-order chi connectivity index (χ0) is 20.5. The van der Waals surface area contributed by atoms with Crippen molar-refractivity contribution in [1.29, 1.82) is 0 Å². The summed E-state index contributed by atoms with van der Waals surface area (Å²) >= 11 is 6.56. The second-order valence-electron chi connectivity index (χ2n) is 7.46. The Morgan fingerprint density at radius 1 is 1.29 bits per heavy atom. The zero-order valence-electron chi connectivity index (χ0n) is 16.2. The highest BCUT2D eigenvalue weighted by molar-refractivity contribution is 7.89. The minimum atomic E-state index is -3.13. The van der Waals surface area contributed by atoms with Crippen molar-refractivity contribution >= 4 is 33.2 Å². The Morgan fingerprint density at radius 3 is 2.68 bits per heavy atom. The third-order valence-corrected chi connectivity index (χ3v) is 5.75. The largest absolute Gasteiger partial charge is 0.379 e. The number of halogens is 1. The van der Waals surface area contributed by atoms with Crippen molar-refractivity contribution in [2.24, 2.45) is 5.92 Å². The van der Waals surface area contributed by atoms with E-state index in [0.29, 0.717) is 29.7 Å². The fraction of sp³-hybridized carbons (Fsp3) is 0.474. The average molecular weight is 425 g/mol. The number of anilines is 2. The van der Waals surface area contributed by atoms with Gasteiger partial charge in [-0.15, -0.1) is 0 Å². The number of hydrogen-bond acceptors (Lipinski definition) is 7. The average Bonchev–Trinajstić information content (AvgIpc) is 2.74. The number of aromatic nitrogens is 2. The number of hydrogen-bond donors (Lipinski definition) is 1. The Morgan fingerprint density at radius 2 is 2.04 bits per heavy atom. The number of aryl methyl sites for hydroxylation is 1. The molecule has 9 heteroatoms. The van der Waals surface area contributed by atoms with Crippen molar-refractivity contribution in [3.05, 3.63) is 46.1 Å². The topological polar surface area (TPSA) is 98.4 Å². The van der Waals surface area contributed by atoms with E-state index < -0.39 is 9.84 Å². The number of rotatable bonds is 4. The molecular weight excluding hydrogens is 400 g/mol. The first-order valence-corrected chi connectivity index (χ1v) is 11.5. The maximum atomic E-state index is 11.6. The minimum Gasteiger partial charge on any atom is -0.379 e. The first-order valence-electron chi connectivity index (χ1n) is 9.04. The van der Waals surface area contributed by atoms with Gasteiger partial charge in [-0.25, -0.2) is 13.4 Å². The lowest BCUT2D eigenvalue weighted by Crippen LogP contribution is -2.34. The number of sulfone groups is 1. The SMILES string of the molecule is Cc1cc(N2C[C@H](C)COC[C@H]2c2ccc(CS(C)(=O)=O)cc2Cl)nc(N)n1. The van der Waals surface area contributed by atoms with Crippen molar-refractivity contribution in [1.82, 2.24) is 9.97 Å². The van der Waals surface area contributed by atoms with Crippen LogP contribution in [0.4, 0.5) is 11.8 Å². The summed E-state index contributed by atoms with van der Waals surface area (Å²) in [6.45, 7) is 5.79. The number of nitrogens with zero attached hydrogens (tertiary/aromatic N) is 3. The molecule has 2 heterocycles. The van der Waals surface area contributed by atoms with E-state index in [2.05, 4.69) is 21.8 Å². The Labute approximate surface area is 170 Å². The van der Waals surface area contributed by atoms with Gasteiger partial charge in [-0.2, -0.15) is 4.98 Å². The number of benzene rings is 1. The third-order valence-electron chi connectivity index (χ3n) is 4.57. The third kappa shape index (κ3) is 5.12. The molecule has 2 N–H and O–H groups in total. The van der Waals surface area contributed by atoms with Gasteiger partial charge in [-0.1, -0.05) is 30.7 Å². The molecule has 0 radical (unpaired) electrons. The first kappa shape index (κ1) is 20.8. The van der Waals surface area contributed by atoms with Crippen molar-refractivity contribution < 1.29 is 13.2 Å². The van der Waals surface area contributed by atoms with E-state index in [1.165, 1.54) is 6.26 Å². The van der Waals surface area contributed by atoms with Gasteiger partial charge in [0.2, 0.25) is 5.95 Å². The smallest absolute Gasteiger partial charge is 0.222 e. The number of nitrogen functional groups attached to an aromatic ring is 1. The highest BCUT2D eigenvalue weighted by Crippen LogP contribution is 2.34. The summed E-state index contributed by atoms with van der Waals surface area (Å²) in [6, 6.07) is 7.11. The van der Waals surface area contributed by atoms with Gasteiger partial charge in [0.1, 0.15) is 5.82 Å². The van der Waals surface area contributed by atoms with Crippen LogP contribution in [0.3, 0.4) is 0 Å². The molecule has 1 saturated heterocycles. The summed E-state index contributed by atoms with van der Waals surface area (Å²) < 4.78 is 29.0. The van der Waals surface area contributed by atoms with Crippen LogP contribution in [0.1, 0.15) is 29.8 Å². The summed E-state index contributed by atoms with van der Waals surface area (Å²) in [5, 5.41) is 0.507. The summed E-state index contributed by atoms with van der Waals surface area (Å²) in [5.41, 5.74) is 8.18. The van der Waals surface area contributed by atoms with Crippen LogP contribution in [-0.4, -0.2) is 44.4 Å². The molecule has 0 bridgehead atoms. The molecule has 0 saturated carbocycles. The molecule has 7 nitrogen and oxygen atoms in total. The lowest BCUT2D eigenvalue weighted by atomic mass is 10.0. The molecule has 0 spiro atoms. The van der Waals surface area contributed by atoms with E-state index in [4.69, 9.17) is 22.1 Å². The van der Waals surface area contributed by atoms with Crippen LogP contribution in [0, 0.1) is 12.8 Å². The van der Waals surface area contributed by atoms with Gasteiger partial charge in [-0.05, 0) is 30.0 Å². The second-order valence-corrected chi connectivity index (χ2v) is 10.0. The van der Waals surface area contributed by atoms with Crippen molar-refractivity contribution in [3.8, 4) is 0 Å². The van der Waals surface area contributed by atoms with Gasteiger partial charge < -0.3 is 15.4 Å². The molecule has 152 valence electrons. The molecule has 1 aliphatic heterocycles. The monoisotopic (exact) mass is 424 g/mol. The van der Waals surface area contributed by atoms with Crippen LogP contribution in [-0.2, 0) is 20.3 Å². The van der Waals surface area contributed by atoms with Crippen LogP contribution in [0.15, 0.2) is 24.3 Å². The van der Waals surface area contributed by atoms with E-state index in [1.54, 1.807) is 12.1 Å². The van der Waals surface area contributed by atoms with E-state index in [9.17, 15) is 8.42 Å². The highest BCUT2D eigenvalue weighted by atomic mass is 35.5. The van der Waals surface area contributed by atoms with Gasteiger partial charge in [0, 0.05) is 29.6 Å². The number of nitrogens with two attached hydrogens (primary N) is 1. The molecule has 0 amide bonds. The Balaban J connectivity index is 2.01. The van der Waals surface area contributed by atoms with Gasteiger partial charge in [-0.3, -0.25) is 0 Å². The van der Waals surface area contributed by atoms with Crippen LogP contribution < -0.4 is 10.6 Å². The predicted molar refractivity (Wildman–Crippen MR) is 111 cm³/mol. The molecule has 28 heavy (non-hydrogen) atoms.